The molecule has 0 bridgehead atoms. The van der Waals surface area contributed by atoms with Crippen LogP contribution in [-0.2, 0) is 11.2 Å². The van der Waals surface area contributed by atoms with Gasteiger partial charge in [-0.2, -0.15) is 0 Å². The van der Waals surface area contributed by atoms with Crippen molar-refractivity contribution in [2.24, 2.45) is 5.73 Å². The molecule has 0 radical (unpaired) electrons. The molecule has 2 aromatic rings. The van der Waals surface area contributed by atoms with Crippen molar-refractivity contribution in [2.75, 3.05) is 27.2 Å². The second-order valence-corrected chi connectivity index (χ2v) is 6.92. The zero-order valence-corrected chi connectivity index (χ0v) is 16.2. The number of benzene rings is 2. The van der Waals surface area contributed by atoms with Gasteiger partial charge in [-0.05, 0) is 49.3 Å². The van der Waals surface area contributed by atoms with Crippen LogP contribution in [0, 0.1) is 5.82 Å². The van der Waals surface area contributed by atoms with Gasteiger partial charge in [0, 0.05) is 19.5 Å². The van der Waals surface area contributed by atoms with Crippen molar-refractivity contribution in [2.45, 2.75) is 12.8 Å². The summed E-state index contributed by atoms with van der Waals surface area (Å²) in [4.78, 5) is 26.7. The lowest BCUT2D eigenvalue weighted by atomic mass is 10.0. The van der Waals surface area contributed by atoms with E-state index in [2.05, 4.69) is 0 Å². The van der Waals surface area contributed by atoms with Gasteiger partial charge in [0.15, 0.2) is 0 Å². The van der Waals surface area contributed by atoms with Crippen LogP contribution in [0.25, 0.3) is 11.1 Å². The van der Waals surface area contributed by atoms with Crippen molar-refractivity contribution in [3.8, 4) is 11.1 Å². The van der Waals surface area contributed by atoms with Crippen LogP contribution >= 0.6 is 11.6 Å². The summed E-state index contributed by atoms with van der Waals surface area (Å²) in [6.45, 7) is 0.828. The molecule has 0 saturated heterocycles. The van der Waals surface area contributed by atoms with Crippen LogP contribution in [0.3, 0.4) is 0 Å². The maximum absolute atomic E-state index is 13.3. The highest BCUT2D eigenvalue weighted by Crippen LogP contribution is 2.25. The molecule has 0 spiro atoms. The van der Waals surface area contributed by atoms with Gasteiger partial charge in [0.2, 0.25) is 5.91 Å². The van der Waals surface area contributed by atoms with Crippen molar-refractivity contribution < 1.29 is 14.0 Å². The second kappa shape index (κ2) is 9.48. The number of aryl methyl sites for hydroxylation is 1. The summed E-state index contributed by atoms with van der Waals surface area (Å²) in [5.41, 5.74) is 7.98. The first-order valence-corrected chi connectivity index (χ1v) is 8.94. The third-order valence-electron chi connectivity index (χ3n) is 4.17. The number of nitrogens with two attached hydrogens (primary N) is 1. The van der Waals surface area contributed by atoms with E-state index in [9.17, 15) is 14.0 Å². The number of likely N-dealkylation sites (N-methyl/N-ethyl adjacent to an activating group) is 1. The lowest BCUT2D eigenvalue weighted by Gasteiger charge is -2.20. The second-order valence-electron chi connectivity index (χ2n) is 6.51. The molecule has 3 amide bonds. The van der Waals surface area contributed by atoms with Gasteiger partial charge in [-0.25, -0.2) is 9.18 Å². The third kappa shape index (κ3) is 6.05. The third-order valence-corrected chi connectivity index (χ3v) is 4.46. The standard InChI is InChI=1S/C20H23ClFN3O2/c1-24(2)11-12-25(20(23)27)19(26)10-5-14-3-6-15(7-4-14)16-8-9-18(22)17(21)13-16/h3-4,6-9,13H,5,10-12H2,1-2H3,(H2,23,27). The highest BCUT2D eigenvalue weighted by atomic mass is 35.5. The number of imide groups is 1. The average Bonchev–Trinajstić information content (AvgIpc) is 2.62. The number of hydrogen-bond acceptors (Lipinski definition) is 3. The zero-order chi connectivity index (χ0) is 20.0. The molecule has 5 nitrogen and oxygen atoms in total. The highest BCUT2D eigenvalue weighted by Gasteiger charge is 2.18. The summed E-state index contributed by atoms with van der Waals surface area (Å²) >= 11 is 5.82. The van der Waals surface area contributed by atoms with Gasteiger partial charge in [-0.3, -0.25) is 9.69 Å². The molecule has 144 valence electrons. The van der Waals surface area contributed by atoms with E-state index >= 15 is 0 Å². The van der Waals surface area contributed by atoms with Crippen LogP contribution in [0.5, 0.6) is 0 Å². The van der Waals surface area contributed by atoms with Crippen LogP contribution < -0.4 is 5.73 Å². The summed E-state index contributed by atoms with van der Waals surface area (Å²) < 4.78 is 13.3. The number of carbonyl (C=O) groups excluding carboxylic acids is 2. The van der Waals surface area contributed by atoms with Gasteiger partial charge in [0.05, 0.1) is 5.02 Å². The molecule has 0 atom stereocenters. The first-order valence-electron chi connectivity index (χ1n) is 8.57. The number of hydrogen-bond donors (Lipinski definition) is 1. The Hall–Kier alpha value is -2.44. The summed E-state index contributed by atoms with van der Waals surface area (Å²) in [5, 5.41) is 0.0754. The Labute approximate surface area is 163 Å². The molecule has 27 heavy (non-hydrogen) atoms. The molecule has 0 aliphatic carbocycles. The van der Waals surface area contributed by atoms with Crippen molar-refractivity contribution >= 4 is 23.5 Å². The lowest BCUT2D eigenvalue weighted by Crippen LogP contribution is -2.44. The predicted molar refractivity (Wildman–Crippen MR) is 105 cm³/mol. The Kier molecular flexibility index (Phi) is 7.33. The summed E-state index contributed by atoms with van der Waals surface area (Å²) in [6.07, 6.45) is 0.688. The van der Waals surface area contributed by atoms with Gasteiger partial charge in [-0.1, -0.05) is 41.9 Å². The van der Waals surface area contributed by atoms with E-state index in [1.807, 2.05) is 43.3 Å². The molecule has 0 aliphatic rings. The molecule has 0 fully saturated rings. The fraction of sp³-hybridized carbons (Fsp3) is 0.300. The number of carbonyl (C=O) groups is 2. The van der Waals surface area contributed by atoms with E-state index in [0.29, 0.717) is 13.0 Å². The first-order chi connectivity index (χ1) is 12.8. The van der Waals surface area contributed by atoms with Gasteiger partial charge < -0.3 is 10.6 Å². The van der Waals surface area contributed by atoms with E-state index in [4.69, 9.17) is 17.3 Å². The van der Waals surface area contributed by atoms with Crippen molar-refractivity contribution in [3.63, 3.8) is 0 Å². The fourth-order valence-corrected chi connectivity index (χ4v) is 2.76. The fourth-order valence-electron chi connectivity index (χ4n) is 2.58. The van der Waals surface area contributed by atoms with Crippen LogP contribution in [-0.4, -0.2) is 48.9 Å². The smallest absolute Gasteiger partial charge is 0.321 e. The maximum atomic E-state index is 13.3. The monoisotopic (exact) mass is 391 g/mol. The van der Waals surface area contributed by atoms with Crippen molar-refractivity contribution in [1.82, 2.24) is 9.80 Å². The maximum Gasteiger partial charge on any atom is 0.321 e. The molecule has 0 aliphatic heterocycles. The molecule has 2 aromatic carbocycles. The molecule has 2 N–H and O–H groups in total. The van der Waals surface area contributed by atoms with Crippen LogP contribution in [0.15, 0.2) is 42.5 Å². The molecule has 0 aromatic heterocycles. The van der Waals surface area contributed by atoms with Crippen molar-refractivity contribution in [1.29, 1.82) is 0 Å². The zero-order valence-electron chi connectivity index (χ0n) is 15.4. The van der Waals surface area contributed by atoms with E-state index in [0.717, 1.165) is 21.6 Å². The van der Waals surface area contributed by atoms with Gasteiger partial charge in [0.1, 0.15) is 5.82 Å². The normalized spacial score (nSPS) is 10.9. The van der Waals surface area contributed by atoms with E-state index in [1.54, 1.807) is 12.1 Å². The Morgan fingerprint density at radius 3 is 2.22 bits per heavy atom. The highest BCUT2D eigenvalue weighted by molar-refractivity contribution is 6.31. The molecule has 0 unspecified atom stereocenters. The molecular weight excluding hydrogens is 369 g/mol. The Balaban J connectivity index is 1.98. The van der Waals surface area contributed by atoms with E-state index in [-0.39, 0.29) is 23.9 Å². The number of amides is 3. The largest absolute Gasteiger partial charge is 0.351 e. The minimum atomic E-state index is -0.731. The lowest BCUT2D eigenvalue weighted by molar-refractivity contribution is -0.128. The minimum absolute atomic E-state index is 0.0754. The molecule has 2 rings (SSSR count). The van der Waals surface area contributed by atoms with Crippen LogP contribution in [0.4, 0.5) is 9.18 Å². The number of urea groups is 1. The Morgan fingerprint density at radius 2 is 1.67 bits per heavy atom. The summed E-state index contributed by atoms with van der Waals surface area (Å²) in [7, 11) is 3.72. The number of nitrogens with zero attached hydrogens (tertiary/aromatic N) is 2. The van der Waals surface area contributed by atoms with Gasteiger partial charge in [0.25, 0.3) is 0 Å². The van der Waals surface area contributed by atoms with E-state index in [1.165, 1.54) is 6.07 Å². The molecule has 0 saturated carbocycles. The van der Waals surface area contributed by atoms with Gasteiger partial charge >= 0.3 is 6.03 Å². The SMILES string of the molecule is CN(C)CCN(C(N)=O)C(=O)CCc1ccc(-c2ccc(F)c(Cl)c2)cc1. The molecule has 7 heteroatoms. The average molecular weight is 392 g/mol. The summed E-state index contributed by atoms with van der Waals surface area (Å²) in [5.74, 6) is -0.748. The minimum Gasteiger partial charge on any atom is -0.351 e. The predicted octanol–water partition coefficient (Wildman–Crippen LogP) is 3.55. The molecule has 0 heterocycles. The molecular formula is C20H23ClFN3O2. The van der Waals surface area contributed by atoms with Crippen molar-refractivity contribution in [3.05, 3.63) is 58.9 Å². The van der Waals surface area contributed by atoms with E-state index < -0.39 is 11.8 Å². The van der Waals surface area contributed by atoms with Gasteiger partial charge in [-0.15, -0.1) is 0 Å². The van der Waals surface area contributed by atoms with Crippen LogP contribution in [0.2, 0.25) is 5.02 Å². The number of halogens is 2. The van der Waals surface area contributed by atoms with Crippen LogP contribution in [0.1, 0.15) is 12.0 Å². The summed E-state index contributed by atoms with van der Waals surface area (Å²) in [6, 6.07) is 11.4. The Bertz CT molecular complexity index is 809. The Morgan fingerprint density at radius 1 is 1.04 bits per heavy atom. The first kappa shape index (κ1) is 20.9. The topological polar surface area (TPSA) is 66.6 Å². The quantitative estimate of drug-likeness (QED) is 0.784. The number of primary amides is 1. The number of rotatable bonds is 7.